The highest BCUT2D eigenvalue weighted by molar-refractivity contribution is 7.89. The first kappa shape index (κ1) is 17.4. The van der Waals surface area contributed by atoms with Gasteiger partial charge in [0.15, 0.2) is 0 Å². The quantitative estimate of drug-likeness (QED) is 0.456. The molecule has 0 bridgehead atoms. The number of nitrogens with zero attached hydrogens (tertiary/aromatic N) is 2. The molecule has 0 radical (unpaired) electrons. The minimum Gasteiger partial charge on any atom is -0.466 e. The minimum atomic E-state index is -3.88. The standard InChI is InChI=1S/C14H18N2O6S/c1-2-22-14(17)11-5-4-8-15(10-11)23(20,21)13-7-3-6-12(9-13)16(18)19/h3,6-7,9,11H,2,4-5,8,10H2,1H3. The number of carbonyl (C=O) groups excluding carboxylic acids is 1. The number of sulfonamides is 1. The monoisotopic (exact) mass is 342 g/mol. The van der Waals surface area contributed by atoms with E-state index in [2.05, 4.69) is 0 Å². The molecule has 1 aromatic rings. The largest absolute Gasteiger partial charge is 0.466 e. The van der Waals surface area contributed by atoms with Gasteiger partial charge in [0, 0.05) is 25.2 Å². The van der Waals surface area contributed by atoms with E-state index in [1.165, 1.54) is 22.5 Å². The highest BCUT2D eigenvalue weighted by Crippen LogP contribution is 2.26. The van der Waals surface area contributed by atoms with Crippen LogP contribution >= 0.6 is 0 Å². The Morgan fingerprint density at radius 1 is 1.48 bits per heavy atom. The number of ether oxygens (including phenoxy) is 1. The van der Waals surface area contributed by atoms with Crippen LogP contribution in [-0.2, 0) is 19.6 Å². The van der Waals surface area contributed by atoms with Crippen molar-refractivity contribution in [3.05, 3.63) is 34.4 Å². The Balaban J connectivity index is 2.23. The van der Waals surface area contributed by atoms with Crippen molar-refractivity contribution in [2.24, 2.45) is 5.92 Å². The van der Waals surface area contributed by atoms with E-state index >= 15 is 0 Å². The van der Waals surface area contributed by atoms with Crippen LogP contribution in [0.15, 0.2) is 29.2 Å². The van der Waals surface area contributed by atoms with Gasteiger partial charge in [0.05, 0.1) is 22.3 Å². The summed E-state index contributed by atoms with van der Waals surface area (Å²) in [5, 5.41) is 10.8. The molecule has 0 N–H and O–H groups in total. The first-order chi connectivity index (χ1) is 10.9. The number of esters is 1. The molecule has 0 spiro atoms. The summed E-state index contributed by atoms with van der Waals surface area (Å²) in [4.78, 5) is 21.8. The molecule has 126 valence electrons. The average Bonchev–Trinajstić information content (AvgIpc) is 2.55. The molecular weight excluding hydrogens is 324 g/mol. The van der Waals surface area contributed by atoms with Gasteiger partial charge >= 0.3 is 5.97 Å². The van der Waals surface area contributed by atoms with Crippen molar-refractivity contribution in [3.63, 3.8) is 0 Å². The smallest absolute Gasteiger partial charge is 0.310 e. The Labute approximate surface area is 134 Å². The molecule has 1 atom stereocenters. The van der Waals surface area contributed by atoms with Crippen LogP contribution < -0.4 is 0 Å². The van der Waals surface area contributed by atoms with Crippen LogP contribution in [0.25, 0.3) is 0 Å². The molecule has 0 amide bonds. The Morgan fingerprint density at radius 2 is 2.22 bits per heavy atom. The van der Waals surface area contributed by atoms with E-state index in [1.54, 1.807) is 6.92 Å². The van der Waals surface area contributed by atoms with Crippen molar-refractivity contribution < 1.29 is 22.9 Å². The summed E-state index contributed by atoms with van der Waals surface area (Å²) in [5.41, 5.74) is -0.287. The van der Waals surface area contributed by atoms with E-state index in [1.807, 2.05) is 0 Å². The van der Waals surface area contributed by atoms with Crippen molar-refractivity contribution in [1.82, 2.24) is 4.31 Å². The Kier molecular flexibility index (Phi) is 5.32. The Bertz CT molecular complexity index is 703. The number of benzene rings is 1. The lowest BCUT2D eigenvalue weighted by Crippen LogP contribution is -2.42. The van der Waals surface area contributed by atoms with Crippen LogP contribution in [-0.4, -0.2) is 43.3 Å². The van der Waals surface area contributed by atoms with E-state index < -0.39 is 26.8 Å². The van der Waals surface area contributed by atoms with Crippen LogP contribution in [0, 0.1) is 16.0 Å². The Hall–Kier alpha value is -2.00. The molecular formula is C14H18N2O6S. The molecule has 0 aliphatic carbocycles. The van der Waals surface area contributed by atoms with Gasteiger partial charge in [0.25, 0.3) is 5.69 Å². The second-order valence-corrected chi connectivity index (χ2v) is 7.15. The number of nitro benzene ring substituents is 1. The van der Waals surface area contributed by atoms with E-state index in [9.17, 15) is 23.3 Å². The van der Waals surface area contributed by atoms with Crippen LogP contribution in [0.3, 0.4) is 0 Å². The topological polar surface area (TPSA) is 107 Å². The minimum absolute atomic E-state index is 0.0316. The maximum Gasteiger partial charge on any atom is 0.310 e. The number of nitro groups is 1. The van der Waals surface area contributed by atoms with Gasteiger partial charge < -0.3 is 4.74 Å². The number of rotatable bonds is 5. The van der Waals surface area contributed by atoms with Crippen molar-refractivity contribution in [2.45, 2.75) is 24.7 Å². The normalized spacial score (nSPS) is 19.3. The van der Waals surface area contributed by atoms with Gasteiger partial charge in [-0.05, 0) is 25.8 Å². The maximum atomic E-state index is 12.6. The van der Waals surface area contributed by atoms with E-state index in [4.69, 9.17) is 4.74 Å². The summed E-state index contributed by atoms with van der Waals surface area (Å²) in [6.07, 6.45) is 1.11. The summed E-state index contributed by atoms with van der Waals surface area (Å²) in [6.45, 7) is 2.25. The van der Waals surface area contributed by atoms with Crippen LogP contribution in [0.4, 0.5) is 5.69 Å². The fourth-order valence-electron chi connectivity index (χ4n) is 2.52. The van der Waals surface area contributed by atoms with Crippen LogP contribution in [0.1, 0.15) is 19.8 Å². The molecule has 1 unspecified atom stereocenters. The number of hydrogen-bond donors (Lipinski definition) is 0. The molecule has 8 nitrogen and oxygen atoms in total. The molecule has 1 aliphatic heterocycles. The Morgan fingerprint density at radius 3 is 2.87 bits per heavy atom. The van der Waals surface area contributed by atoms with E-state index in [0.29, 0.717) is 12.8 Å². The zero-order chi connectivity index (χ0) is 17.0. The summed E-state index contributed by atoms with van der Waals surface area (Å²) in [5.74, 6) is -0.913. The highest BCUT2D eigenvalue weighted by Gasteiger charge is 2.34. The number of non-ortho nitro benzene ring substituents is 1. The molecule has 1 fully saturated rings. The zero-order valence-electron chi connectivity index (χ0n) is 12.7. The fourth-order valence-corrected chi connectivity index (χ4v) is 4.08. The van der Waals surface area contributed by atoms with Crippen LogP contribution in [0.5, 0.6) is 0 Å². The third kappa shape index (κ3) is 3.85. The SMILES string of the molecule is CCOC(=O)C1CCCN(S(=O)(=O)c2cccc([N+](=O)[O-])c2)C1. The second-order valence-electron chi connectivity index (χ2n) is 5.21. The third-order valence-corrected chi connectivity index (χ3v) is 5.53. The van der Waals surface area contributed by atoms with E-state index in [0.717, 1.165) is 6.07 Å². The third-order valence-electron chi connectivity index (χ3n) is 3.67. The molecule has 0 aromatic heterocycles. The van der Waals surface area contributed by atoms with Gasteiger partial charge in [-0.1, -0.05) is 6.07 Å². The summed E-state index contributed by atoms with van der Waals surface area (Å²) >= 11 is 0. The molecule has 2 rings (SSSR count). The predicted molar refractivity (Wildman–Crippen MR) is 81.2 cm³/mol. The zero-order valence-corrected chi connectivity index (χ0v) is 13.5. The average molecular weight is 342 g/mol. The molecule has 9 heteroatoms. The molecule has 1 aromatic carbocycles. The van der Waals surface area contributed by atoms with Crippen molar-refractivity contribution in [3.8, 4) is 0 Å². The fraction of sp³-hybridized carbons (Fsp3) is 0.500. The van der Waals surface area contributed by atoms with Gasteiger partial charge in [0.2, 0.25) is 10.0 Å². The highest BCUT2D eigenvalue weighted by atomic mass is 32.2. The lowest BCUT2D eigenvalue weighted by molar-refractivity contribution is -0.385. The lowest BCUT2D eigenvalue weighted by atomic mass is 10.0. The molecule has 0 saturated carbocycles. The first-order valence-corrected chi connectivity index (χ1v) is 8.71. The second kappa shape index (κ2) is 7.05. The lowest BCUT2D eigenvalue weighted by Gasteiger charge is -2.30. The van der Waals surface area contributed by atoms with Gasteiger partial charge in [-0.2, -0.15) is 4.31 Å². The number of hydrogen-bond acceptors (Lipinski definition) is 6. The summed E-state index contributed by atoms with van der Waals surface area (Å²) in [6, 6.07) is 4.91. The van der Waals surface area contributed by atoms with Gasteiger partial charge in [-0.15, -0.1) is 0 Å². The molecule has 23 heavy (non-hydrogen) atoms. The van der Waals surface area contributed by atoms with Crippen molar-refractivity contribution in [1.29, 1.82) is 0 Å². The first-order valence-electron chi connectivity index (χ1n) is 7.27. The number of piperidine rings is 1. The number of carbonyl (C=O) groups is 1. The van der Waals surface area contributed by atoms with Gasteiger partial charge in [-0.25, -0.2) is 8.42 Å². The molecule has 1 saturated heterocycles. The summed E-state index contributed by atoms with van der Waals surface area (Å²) < 4.78 is 31.4. The predicted octanol–water partition coefficient (Wildman–Crippen LogP) is 1.56. The van der Waals surface area contributed by atoms with Crippen molar-refractivity contribution in [2.75, 3.05) is 19.7 Å². The maximum absolute atomic E-state index is 12.6. The molecule has 1 heterocycles. The van der Waals surface area contributed by atoms with E-state index in [-0.39, 0.29) is 30.3 Å². The van der Waals surface area contributed by atoms with Crippen molar-refractivity contribution >= 4 is 21.7 Å². The molecule has 1 aliphatic rings. The van der Waals surface area contributed by atoms with Gasteiger partial charge in [0.1, 0.15) is 0 Å². The van der Waals surface area contributed by atoms with Gasteiger partial charge in [-0.3, -0.25) is 14.9 Å². The van der Waals surface area contributed by atoms with Crippen LogP contribution in [0.2, 0.25) is 0 Å². The summed E-state index contributed by atoms with van der Waals surface area (Å²) in [7, 11) is -3.88.